The average Bonchev–Trinajstić information content (AvgIpc) is 2.28. The van der Waals surface area contributed by atoms with Gasteiger partial charge in [-0.1, -0.05) is 19.8 Å². The topological polar surface area (TPSA) is 49.3 Å². The summed E-state index contributed by atoms with van der Waals surface area (Å²) < 4.78 is 0. The zero-order valence-corrected chi connectivity index (χ0v) is 10.9. The Morgan fingerprint density at radius 1 is 1.35 bits per heavy atom. The molecular formula is C14H25NO2. The van der Waals surface area contributed by atoms with Gasteiger partial charge in [0.1, 0.15) is 0 Å². The van der Waals surface area contributed by atoms with Crippen LogP contribution in [0.3, 0.4) is 0 Å². The molecule has 3 nitrogen and oxygen atoms in total. The normalized spacial score (nSPS) is 31.8. The first-order valence-electron chi connectivity index (χ1n) is 7.11. The fraction of sp³-hybridized carbons (Fsp3) is 0.929. The van der Waals surface area contributed by atoms with Crippen molar-refractivity contribution in [3.63, 3.8) is 0 Å². The van der Waals surface area contributed by atoms with Crippen molar-refractivity contribution in [2.24, 2.45) is 11.3 Å². The number of carboxylic acid groups (broad SMARTS) is 1. The molecule has 2 aliphatic carbocycles. The standard InChI is InChI=1S/C14H25NO2/c1-2-14(7-4-8-14)10-15-12-6-3-5-11(9-12)13(16)17/h11-12,15H,2-10H2,1H3,(H,16,17). The maximum Gasteiger partial charge on any atom is 0.306 e. The molecule has 2 saturated carbocycles. The second-order valence-electron chi connectivity index (χ2n) is 5.99. The molecule has 2 rings (SSSR count). The molecule has 0 bridgehead atoms. The number of nitrogens with one attached hydrogen (secondary N) is 1. The second-order valence-corrected chi connectivity index (χ2v) is 5.99. The number of rotatable bonds is 5. The Morgan fingerprint density at radius 2 is 2.12 bits per heavy atom. The van der Waals surface area contributed by atoms with Crippen LogP contribution in [0.5, 0.6) is 0 Å². The van der Waals surface area contributed by atoms with E-state index in [1.165, 1.54) is 25.7 Å². The lowest BCUT2D eigenvalue weighted by molar-refractivity contribution is -0.143. The average molecular weight is 239 g/mol. The van der Waals surface area contributed by atoms with Crippen LogP contribution in [0, 0.1) is 11.3 Å². The Bertz CT molecular complexity index is 268. The van der Waals surface area contributed by atoms with Crippen molar-refractivity contribution < 1.29 is 9.90 Å². The van der Waals surface area contributed by atoms with E-state index < -0.39 is 5.97 Å². The van der Waals surface area contributed by atoms with E-state index in [4.69, 9.17) is 5.11 Å². The molecule has 0 spiro atoms. The van der Waals surface area contributed by atoms with Gasteiger partial charge in [-0.2, -0.15) is 0 Å². The van der Waals surface area contributed by atoms with Crippen molar-refractivity contribution >= 4 is 5.97 Å². The van der Waals surface area contributed by atoms with E-state index in [1.54, 1.807) is 0 Å². The lowest BCUT2D eigenvalue weighted by atomic mass is 9.67. The van der Waals surface area contributed by atoms with Gasteiger partial charge in [-0.25, -0.2) is 0 Å². The van der Waals surface area contributed by atoms with Gasteiger partial charge in [0.2, 0.25) is 0 Å². The van der Waals surface area contributed by atoms with Crippen LogP contribution < -0.4 is 5.32 Å². The van der Waals surface area contributed by atoms with Gasteiger partial charge in [0.25, 0.3) is 0 Å². The minimum absolute atomic E-state index is 0.111. The smallest absolute Gasteiger partial charge is 0.306 e. The zero-order chi connectivity index (χ0) is 12.3. The molecule has 0 heterocycles. The van der Waals surface area contributed by atoms with Gasteiger partial charge in [0, 0.05) is 12.6 Å². The van der Waals surface area contributed by atoms with Gasteiger partial charge in [0.05, 0.1) is 5.92 Å². The highest BCUT2D eigenvalue weighted by atomic mass is 16.4. The lowest BCUT2D eigenvalue weighted by Crippen LogP contribution is -2.45. The fourth-order valence-corrected chi connectivity index (χ4v) is 3.29. The summed E-state index contributed by atoms with van der Waals surface area (Å²) in [5.74, 6) is -0.717. The van der Waals surface area contributed by atoms with Gasteiger partial charge in [-0.15, -0.1) is 0 Å². The van der Waals surface area contributed by atoms with Gasteiger partial charge in [-0.3, -0.25) is 4.79 Å². The van der Waals surface area contributed by atoms with Crippen LogP contribution in [0.1, 0.15) is 58.3 Å². The van der Waals surface area contributed by atoms with Crippen LogP contribution in [0.15, 0.2) is 0 Å². The lowest BCUT2D eigenvalue weighted by Gasteiger charge is -2.43. The van der Waals surface area contributed by atoms with E-state index in [2.05, 4.69) is 12.2 Å². The number of hydrogen-bond donors (Lipinski definition) is 2. The molecule has 3 heteroatoms. The van der Waals surface area contributed by atoms with Gasteiger partial charge in [0.15, 0.2) is 0 Å². The minimum atomic E-state index is -0.606. The predicted molar refractivity (Wildman–Crippen MR) is 68.0 cm³/mol. The molecular weight excluding hydrogens is 214 g/mol. The first kappa shape index (κ1) is 12.9. The van der Waals surface area contributed by atoms with Crippen LogP contribution in [-0.4, -0.2) is 23.7 Å². The Hall–Kier alpha value is -0.570. The van der Waals surface area contributed by atoms with E-state index in [1.807, 2.05) is 0 Å². The first-order chi connectivity index (χ1) is 8.15. The van der Waals surface area contributed by atoms with Gasteiger partial charge >= 0.3 is 5.97 Å². The molecule has 98 valence electrons. The molecule has 0 aromatic heterocycles. The van der Waals surface area contributed by atoms with Gasteiger partial charge < -0.3 is 10.4 Å². The first-order valence-corrected chi connectivity index (χ1v) is 7.11. The van der Waals surface area contributed by atoms with Crippen molar-refractivity contribution in [2.45, 2.75) is 64.3 Å². The molecule has 2 atom stereocenters. The largest absolute Gasteiger partial charge is 0.481 e. The van der Waals surface area contributed by atoms with Crippen LogP contribution in [0.25, 0.3) is 0 Å². The number of carbonyl (C=O) groups is 1. The Kier molecular flexibility index (Phi) is 4.08. The molecule has 2 fully saturated rings. The van der Waals surface area contributed by atoms with E-state index in [0.717, 1.165) is 32.2 Å². The third-order valence-electron chi connectivity index (χ3n) is 4.95. The van der Waals surface area contributed by atoms with Crippen molar-refractivity contribution in [3.8, 4) is 0 Å². The summed E-state index contributed by atoms with van der Waals surface area (Å²) in [6.07, 6.45) is 9.25. The molecule has 0 aromatic rings. The summed E-state index contributed by atoms with van der Waals surface area (Å²) in [5, 5.41) is 12.7. The predicted octanol–water partition coefficient (Wildman–Crippen LogP) is 2.80. The molecule has 2 unspecified atom stereocenters. The summed E-state index contributed by atoms with van der Waals surface area (Å²) in [6, 6.07) is 0.439. The maximum absolute atomic E-state index is 11.0. The Labute approximate surface area is 104 Å². The third kappa shape index (κ3) is 3.01. The van der Waals surface area contributed by atoms with Crippen LogP contribution in [0.2, 0.25) is 0 Å². The quantitative estimate of drug-likeness (QED) is 0.775. The summed E-state index contributed by atoms with van der Waals surface area (Å²) in [4.78, 5) is 11.0. The summed E-state index contributed by atoms with van der Waals surface area (Å²) in [7, 11) is 0. The van der Waals surface area contributed by atoms with E-state index in [0.29, 0.717) is 11.5 Å². The molecule has 2 aliphatic rings. The van der Waals surface area contributed by atoms with Crippen LogP contribution in [0.4, 0.5) is 0 Å². The highest BCUT2D eigenvalue weighted by molar-refractivity contribution is 5.70. The van der Waals surface area contributed by atoms with Crippen molar-refractivity contribution in [3.05, 3.63) is 0 Å². The van der Waals surface area contributed by atoms with Crippen molar-refractivity contribution in [1.29, 1.82) is 0 Å². The second kappa shape index (κ2) is 5.38. The molecule has 0 saturated heterocycles. The number of carboxylic acids is 1. The van der Waals surface area contributed by atoms with Crippen molar-refractivity contribution in [2.75, 3.05) is 6.54 Å². The molecule has 0 aromatic carbocycles. The summed E-state index contributed by atoms with van der Waals surface area (Å²) in [5.41, 5.74) is 0.538. The number of aliphatic carboxylic acids is 1. The van der Waals surface area contributed by atoms with E-state index >= 15 is 0 Å². The maximum atomic E-state index is 11.0. The van der Waals surface area contributed by atoms with Gasteiger partial charge in [-0.05, 0) is 43.9 Å². The Balaban J connectivity index is 1.77. The Morgan fingerprint density at radius 3 is 2.65 bits per heavy atom. The highest BCUT2D eigenvalue weighted by Crippen LogP contribution is 2.43. The monoisotopic (exact) mass is 239 g/mol. The van der Waals surface area contributed by atoms with Crippen molar-refractivity contribution in [1.82, 2.24) is 5.32 Å². The molecule has 0 aliphatic heterocycles. The van der Waals surface area contributed by atoms with E-state index in [-0.39, 0.29) is 5.92 Å². The molecule has 0 amide bonds. The zero-order valence-electron chi connectivity index (χ0n) is 10.9. The van der Waals surface area contributed by atoms with E-state index in [9.17, 15) is 4.79 Å². The summed E-state index contributed by atoms with van der Waals surface area (Å²) >= 11 is 0. The van der Waals surface area contributed by atoms with Crippen LogP contribution in [-0.2, 0) is 4.79 Å². The number of hydrogen-bond acceptors (Lipinski definition) is 2. The molecule has 2 N–H and O–H groups in total. The summed E-state index contributed by atoms with van der Waals surface area (Å²) in [6.45, 7) is 3.38. The third-order valence-corrected chi connectivity index (χ3v) is 4.95. The SMILES string of the molecule is CCC1(CNC2CCCC(C(=O)O)C2)CCC1. The fourth-order valence-electron chi connectivity index (χ4n) is 3.29. The molecule has 0 radical (unpaired) electrons. The highest BCUT2D eigenvalue weighted by Gasteiger charge is 2.36. The minimum Gasteiger partial charge on any atom is -0.481 e. The van der Waals surface area contributed by atoms with Crippen LogP contribution >= 0.6 is 0 Å². The molecule has 17 heavy (non-hydrogen) atoms.